The van der Waals surface area contributed by atoms with Gasteiger partial charge in [0.25, 0.3) is 0 Å². The molecule has 1 rings (SSSR count). The fourth-order valence-electron chi connectivity index (χ4n) is 1.68. The van der Waals surface area contributed by atoms with Crippen molar-refractivity contribution >= 4 is 22.7 Å². The number of carbonyl (C=O) groups is 1. The van der Waals surface area contributed by atoms with E-state index >= 15 is 0 Å². The van der Waals surface area contributed by atoms with Gasteiger partial charge in [0.15, 0.2) is 12.5 Å². The van der Waals surface area contributed by atoms with Gasteiger partial charge < -0.3 is 14.2 Å². The van der Waals surface area contributed by atoms with Crippen LogP contribution in [0.3, 0.4) is 0 Å². The molecular formula is C17H25NO5S. The van der Waals surface area contributed by atoms with Crippen molar-refractivity contribution in [2.24, 2.45) is 4.40 Å². The number of aryl methyl sites for hydroxylation is 1. The summed E-state index contributed by atoms with van der Waals surface area (Å²) in [6.45, 7) is 9.17. The molecular weight excluding hydrogens is 330 g/mol. The third-order valence-corrected chi connectivity index (χ3v) is 4.29. The van der Waals surface area contributed by atoms with Crippen LogP contribution >= 0.6 is 0 Å². The molecule has 1 unspecified atom stereocenters. The molecule has 0 aliphatic heterocycles. The molecule has 0 heterocycles. The summed E-state index contributed by atoms with van der Waals surface area (Å²) < 4.78 is 31.5. The van der Waals surface area contributed by atoms with E-state index in [2.05, 4.69) is 4.40 Å². The lowest BCUT2D eigenvalue weighted by atomic mass is 10.1. The zero-order valence-corrected chi connectivity index (χ0v) is 15.9. The smallest absolute Gasteiger partial charge is 0.358 e. The molecule has 0 aliphatic rings. The van der Waals surface area contributed by atoms with Crippen molar-refractivity contribution < 1.29 is 23.2 Å². The van der Waals surface area contributed by atoms with E-state index in [9.17, 15) is 9.00 Å². The first-order valence-corrected chi connectivity index (χ1v) is 8.72. The Labute approximate surface area is 145 Å². The average Bonchev–Trinajstić information content (AvgIpc) is 2.50. The van der Waals surface area contributed by atoms with Crippen molar-refractivity contribution in [1.29, 1.82) is 0 Å². The normalized spacial score (nSPS) is 13.5. The van der Waals surface area contributed by atoms with Gasteiger partial charge in [0.05, 0.1) is 16.9 Å². The molecule has 1 aromatic carbocycles. The Balaban J connectivity index is 3.42. The SMILES string of the molecule is CCOC(=O)C(=NS(=O)C(C)(C)C)c1ccc(C)cc1OCOC. The van der Waals surface area contributed by atoms with E-state index in [1.165, 1.54) is 7.11 Å². The molecule has 0 radical (unpaired) electrons. The van der Waals surface area contributed by atoms with Gasteiger partial charge in [-0.1, -0.05) is 6.07 Å². The van der Waals surface area contributed by atoms with Crippen LogP contribution in [0.5, 0.6) is 5.75 Å². The maximum absolute atomic E-state index is 12.4. The van der Waals surface area contributed by atoms with Crippen molar-refractivity contribution in [1.82, 2.24) is 0 Å². The summed E-state index contributed by atoms with van der Waals surface area (Å²) in [4.78, 5) is 12.3. The predicted molar refractivity (Wildman–Crippen MR) is 94.7 cm³/mol. The maximum atomic E-state index is 12.4. The Kier molecular flexibility index (Phi) is 7.57. The summed E-state index contributed by atoms with van der Waals surface area (Å²) in [6.07, 6.45) is 0. The topological polar surface area (TPSA) is 74.2 Å². The van der Waals surface area contributed by atoms with E-state index in [0.717, 1.165) is 5.56 Å². The van der Waals surface area contributed by atoms with Gasteiger partial charge in [-0.15, -0.1) is 0 Å². The molecule has 6 nitrogen and oxygen atoms in total. The van der Waals surface area contributed by atoms with Gasteiger partial charge in [-0.05, 0) is 52.3 Å². The van der Waals surface area contributed by atoms with Crippen LogP contribution in [0.1, 0.15) is 38.8 Å². The third-order valence-electron chi connectivity index (χ3n) is 2.89. The van der Waals surface area contributed by atoms with E-state index in [-0.39, 0.29) is 19.1 Å². The first-order valence-electron chi connectivity index (χ1n) is 7.61. The number of rotatable bonds is 7. The van der Waals surface area contributed by atoms with Crippen molar-refractivity contribution in [3.05, 3.63) is 29.3 Å². The molecule has 134 valence electrons. The van der Waals surface area contributed by atoms with Gasteiger partial charge >= 0.3 is 5.97 Å². The fourth-order valence-corrected chi connectivity index (χ4v) is 2.30. The Morgan fingerprint density at radius 3 is 2.50 bits per heavy atom. The summed E-state index contributed by atoms with van der Waals surface area (Å²) in [5.74, 6) is -0.212. The highest BCUT2D eigenvalue weighted by molar-refractivity contribution is 7.85. The standard InChI is InChI=1S/C17H25NO5S/c1-7-22-16(19)15(18-24(20)17(3,4)5)13-9-8-12(2)10-14(13)23-11-21-6/h8-10H,7,11H2,1-6H3. The van der Waals surface area contributed by atoms with Crippen LogP contribution < -0.4 is 4.74 Å². The molecule has 0 spiro atoms. The summed E-state index contributed by atoms with van der Waals surface area (Å²) in [6, 6.07) is 5.29. The first kappa shape index (κ1) is 20.3. The van der Waals surface area contributed by atoms with Crippen LogP contribution in [-0.2, 0) is 25.3 Å². The van der Waals surface area contributed by atoms with Gasteiger partial charge in [0.2, 0.25) is 0 Å². The number of esters is 1. The minimum atomic E-state index is -1.61. The molecule has 0 saturated heterocycles. The second-order valence-corrected chi connectivity index (χ2v) is 7.98. The van der Waals surface area contributed by atoms with Crippen molar-refractivity contribution in [3.63, 3.8) is 0 Å². The lowest BCUT2D eigenvalue weighted by molar-refractivity contribution is -0.134. The van der Waals surface area contributed by atoms with Gasteiger partial charge in [0, 0.05) is 7.11 Å². The molecule has 0 fully saturated rings. The monoisotopic (exact) mass is 355 g/mol. The molecule has 0 amide bonds. The minimum Gasteiger partial charge on any atom is -0.467 e. The Morgan fingerprint density at radius 2 is 1.96 bits per heavy atom. The minimum absolute atomic E-state index is 0.0174. The van der Waals surface area contributed by atoms with Crippen molar-refractivity contribution in [3.8, 4) is 5.75 Å². The van der Waals surface area contributed by atoms with E-state index in [1.807, 2.05) is 13.0 Å². The van der Waals surface area contributed by atoms with E-state index in [1.54, 1.807) is 39.8 Å². The van der Waals surface area contributed by atoms with Gasteiger partial charge in [-0.2, -0.15) is 4.40 Å². The summed E-state index contributed by atoms with van der Waals surface area (Å²) in [7, 11) is -0.107. The second-order valence-electron chi connectivity index (χ2n) is 6.07. The molecule has 24 heavy (non-hydrogen) atoms. The van der Waals surface area contributed by atoms with Crippen LogP contribution in [0.2, 0.25) is 0 Å². The summed E-state index contributed by atoms with van der Waals surface area (Å²) in [5, 5.41) is 0. The number of benzene rings is 1. The lowest BCUT2D eigenvalue weighted by Crippen LogP contribution is -2.25. The number of nitrogens with zero attached hydrogens (tertiary/aromatic N) is 1. The number of hydrogen-bond donors (Lipinski definition) is 0. The average molecular weight is 355 g/mol. The molecule has 0 bridgehead atoms. The summed E-state index contributed by atoms with van der Waals surface area (Å²) in [5.41, 5.74) is 1.36. The number of hydrogen-bond acceptors (Lipinski definition) is 5. The first-order chi connectivity index (χ1) is 11.2. The van der Waals surface area contributed by atoms with Gasteiger partial charge in [-0.25, -0.2) is 9.00 Å². The summed E-state index contributed by atoms with van der Waals surface area (Å²) >= 11 is 0. The van der Waals surface area contributed by atoms with Crippen LogP contribution in [0.4, 0.5) is 0 Å². The van der Waals surface area contributed by atoms with Crippen LogP contribution in [-0.4, -0.2) is 41.1 Å². The molecule has 7 heteroatoms. The fraction of sp³-hybridized carbons (Fsp3) is 0.529. The highest BCUT2D eigenvalue weighted by Gasteiger charge is 2.25. The van der Waals surface area contributed by atoms with Crippen molar-refractivity contribution in [2.75, 3.05) is 20.5 Å². The molecule has 1 atom stereocenters. The number of ether oxygens (including phenoxy) is 3. The zero-order valence-electron chi connectivity index (χ0n) is 15.0. The van der Waals surface area contributed by atoms with E-state index in [0.29, 0.717) is 11.3 Å². The Morgan fingerprint density at radius 1 is 1.29 bits per heavy atom. The third kappa shape index (κ3) is 5.72. The quantitative estimate of drug-likeness (QED) is 0.427. The van der Waals surface area contributed by atoms with Crippen LogP contribution in [0.15, 0.2) is 22.6 Å². The Hall–Kier alpha value is -1.73. The van der Waals surface area contributed by atoms with E-state index < -0.39 is 21.7 Å². The van der Waals surface area contributed by atoms with Crippen molar-refractivity contribution in [2.45, 2.75) is 39.4 Å². The highest BCUT2D eigenvalue weighted by Crippen LogP contribution is 2.24. The lowest BCUT2D eigenvalue weighted by Gasteiger charge is -2.16. The molecule has 0 saturated carbocycles. The largest absolute Gasteiger partial charge is 0.467 e. The van der Waals surface area contributed by atoms with E-state index in [4.69, 9.17) is 14.2 Å². The second kappa shape index (κ2) is 8.94. The molecule has 1 aromatic rings. The molecule has 0 aliphatic carbocycles. The Bertz CT molecular complexity index is 634. The van der Waals surface area contributed by atoms with Gasteiger partial charge in [0.1, 0.15) is 16.7 Å². The van der Waals surface area contributed by atoms with Gasteiger partial charge in [-0.3, -0.25) is 0 Å². The maximum Gasteiger partial charge on any atom is 0.358 e. The zero-order chi connectivity index (χ0) is 18.3. The highest BCUT2D eigenvalue weighted by atomic mass is 32.2. The predicted octanol–water partition coefficient (Wildman–Crippen LogP) is 2.79. The number of methoxy groups -OCH3 is 1. The van der Waals surface area contributed by atoms with Crippen LogP contribution in [0.25, 0.3) is 0 Å². The number of carbonyl (C=O) groups excluding carboxylic acids is 1. The van der Waals surface area contributed by atoms with Crippen LogP contribution in [0, 0.1) is 6.92 Å². The molecule has 0 aromatic heterocycles. The molecule has 0 N–H and O–H groups in total.